The number of phenolic OH excluding ortho intramolecular Hbond substituents is 2. The van der Waals surface area contributed by atoms with Crippen LogP contribution in [0.1, 0.15) is 15.9 Å². The highest BCUT2D eigenvalue weighted by Crippen LogP contribution is 2.25. The van der Waals surface area contributed by atoms with Gasteiger partial charge in [-0.15, -0.1) is 0 Å². The molecule has 23 heavy (non-hydrogen) atoms. The van der Waals surface area contributed by atoms with Gasteiger partial charge in [-0.2, -0.15) is 0 Å². The van der Waals surface area contributed by atoms with Crippen molar-refractivity contribution in [1.82, 2.24) is 0 Å². The molecule has 0 aliphatic carbocycles. The molecule has 114 valence electrons. The fraction of sp³-hybridized carbons (Fsp3) is 0. The standard InChI is InChI=1S/C18H12O5/c19-14(7-5-11-6-8-15(20)16(21)9-11)13-10-12-3-1-2-4-17(12)23-18(13)22/h1-10,20-21H/b7-5+. The summed E-state index contributed by atoms with van der Waals surface area (Å²) in [6, 6.07) is 12.6. The molecule has 2 aromatic carbocycles. The summed E-state index contributed by atoms with van der Waals surface area (Å²) in [6.45, 7) is 0. The van der Waals surface area contributed by atoms with Crippen LogP contribution in [-0.2, 0) is 0 Å². The van der Waals surface area contributed by atoms with Gasteiger partial charge in [0.15, 0.2) is 17.3 Å². The fourth-order valence-electron chi connectivity index (χ4n) is 2.14. The number of para-hydroxylation sites is 1. The van der Waals surface area contributed by atoms with Crippen molar-refractivity contribution in [3.05, 3.63) is 76.2 Å². The van der Waals surface area contributed by atoms with E-state index in [0.717, 1.165) is 0 Å². The van der Waals surface area contributed by atoms with Crippen LogP contribution in [0.3, 0.4) is 0 Å². The molecule has 1 heterocycles. The van der Waals surface area contributed by atoms with Gasteiger partial charge in [0.1, 0.15) is 11.1 Å². The van der Waals surface area contributed by atoms with Crippen LogP contribution in [0.15, 0.2) is 63.8 Å². The molecule has 0 amide bonds. The van der Waals surface area contributed by atoms with E-state index in [-0.39, 0.29) is 17.1 Å². The molecule has 0 aliphatic heterocycles. The highest BCUT2D eigenvalue weighted by atomic mass is 16.4. The van der Waals surface area contributed by atoms with Crippen LogP contribution < -0.4 is 5.63 Å². The van der Waals surface area contributed by atoms with E-state index in [1.54, 1.807) is 24.3 Å². The number of carbonyl (C=O) groups excluding carboxylic acids is 1. The number of rotatable bonds is 3. The van der Waals surface area contributed by atoms with Crippen LogP contribution in [0.4, 0.5) is 0 Å². The molecule has 0 atom stereocenters. The Kier molecular flexibility index (Phi) is 3.68. The third kappa shape index (κ3) is 2.98. The number of hydrogen-bond donors (Lipinski definition) is 2. The maximum Gasteiger partial charge on any atom is 0.347 e. The second-order valence-corrected chi connectivity index (χ2v) is 4.93. The van der Waals surface area contributed by atoms with Gasteiger partial charge in [-0.25, -0.2) is 4.79 Å². The summed E-state index contributed by atoms with van der Waals surface area (Å²) >= 11 is 0. The van der Waals surface area contributed by atoms with Crippen LogP contribution in [-0.4, -0.2) is 16.0 Å². The summed E-state index contributed by atoms with van der Waals surface area (Å²) in [6.07, 6.45) is 2.66. The topological polar surface area (TPSA) is 87.7 Å². The Bertz CT molecular complexity index is 982. The Morgan fingerprint density at radius 3 is 2.57 bits per heavy atom. The summed E-state index contributed by atoms with van der Waals surface area (Å²) in [7, 11) is 0. The van der Waals surface area contributed by atoms with Crippen molar-refractivity contribution >= 4 is 22.8 Å². The van der Waals surface area contributed by atoms with Crippen LogP contribution in [0, 0.1) is 0 Å². The molecular formula is C18H12O5. The maximum absolute atomic E-state index is 12.2. The Hall–Kier alpha value is -3.34. The number of benzene rings is 2. The first kappa shape index (κ1) is 14.6. The van der Waals surface area contributed by atoms with E-state index < -0.39 is 11.4 Å². The quantitative estimate of drug-likeness (QED) is 0.336. The molecule has 0 spiro atoms. The first-order valence-corrected chi connectivity index (χ1v) is 6.82. The Labute approximate surface area is 130 Å². The van der Waals surface area contributed by atoms with E-state index in [4.69, 9.17) is 4.42 Å². The van der Waals surface area contributed by atoms with E-state index in [1.807, 2.05) is 0 Å². The summed E-state index contributed by atoms with van der Waals surface area (Å²) in [5.74, 6) is -1.04. The molecule has 0 saturated carbocycles. The van der Waals surface area contributed by atoms with Crippen molar-refractivity contribution in [2.24, 2.45) is 0 Å². The van der Waals surface area contributed by atoms with Gasteiger partial charge in [-0.1, -0.05) is 30.3 Å². The highest BCUT2D eigenvalue weighted by Gasteiger charge is 2.11. The third-order valence-corrected chi connectivity index (χ3v) is 3.33. The molecule has 5 nitrogen and oxygen atoms in total. The summed E-state index contributed by atoms with van der Waals surface area (Å²) < 4.78 is 5.12. The molecule has 0 aliphatic rings. The lowest BCUT2D eigenvalue weighted by molar-refractivity contribution is 0.104. The lowest BCUT2D eigenvalue weighted by atomic mass is 10.1. The van der Waals surface area contributed by atoms with Gasteiger partial charge in [0.25, 0.3) is 0 Å². The van der Waals surface area contributed by atoms with Crippen LogP contribution in [0.5, 0.6) is 11.5 Å². The largest absolute Gasteiger partial charge is 0.504 e. The predicted molar refractivity (Wildman–Crippen MR) is 85.6 cm³/mol. The second kappa shape index (κ2) is 5.81. The minimum absolute atomic E-state index is 0.0667. The SMILES string of the molecule is O=C(/C=C/c1ccc(O)c(O)c1)c1cc2ccccc2oc1=O. The third-order valence-electron chi connectivity index (χ3n) is 3.33. The predicted octanol–water partition coefficient (Wildman–Crippen LogP) is 3.10. The van der Waals surface area contributed by atoms with Gasteiger partial charge >= 0.3 is 5.63 Å². The summed E-state index contributed by atoms with van der Waals surface area (Å²) in [4.78, 5) is 24.1. The molecule has 3 rings (SSSR count). The number of phenols is 2. The second-order valence-electron chi connectivity index (χ2n) is 4.93. The molecule has 3 aromatic rings. The van der Waals surface area contributed by atoms with E-state index in [1.165, 1.54) is 36.4 Å². The molecule has 1 aromatic heterocycles. The molecule has 0 radical (unpaired) electrons. The maximum atomic E-state index is 12.2. The average Bonchev–Trinajstić information content (AvgIpc) is 2.55. The number of hydrogen-bond acceptors (Lipinski definition) is 5. The zero-order valence-electron chi connectivity index (χ0n) is 11.9. The smallest absolute Gasteiger partial charge is 0.347 e. The zero-order valence-corrected chi connectivity index (χ0v) is 11.9. The zero-order chi connectivity index (χ0) is 16.4. The molecule has 0 fully saturated rings. The minimum atomic E-state index is -0.702. The van der Waals surface area contributed by atoms with Crippen LogP contribution in [0.2, 0.25) is 0 Å². The van der Waals surface area contributed by atoms with Gasteiger partial charge in [0.05, 0.1) is 0 Å². The van der Waals surface area contributed by atoms with Crippen molar-refractivity contribution in [3.8, 4) is 11.5 Å². The van der Waals surface area contributed by atoms with Crippen molar-refractivity contribution in [2.75, 3.05) is 0 Å². The Balaban J connectivity index is 1.93. The monoisotopic (exact) mass is 308 g/mol. The van der Waals surface area contributed by atoms with E-state index in [2.05, 4.69) is 0 Å². The molecule has 0 saturated heterocycles. The lowest BCUT2D eigenvalue weighted by Gasteiger charge is -2.00. The number of allylic oxidation sites excluding steroid dienone is 1. The summed E-state index contributed by atoms with van der Waals surface area (Å²) in [5, 5.41) is 19.3. The van der Waals surface area contributed by atoms with Gasteiger partial charge in [0, 0.05) is 5.39 Å². The number of ketones is 1. The van der Waals surface area contributed by atoms with E-state index in [9.17, 15) is 19.8 Å². The first-order valence-electron chi connectivity index (χ1n) is 6.82. The number of aromatic hydroxyl groups is 2. The molecule has 0 bridgehead atoms. The molecule has 0 unspecified atom stereocenters. The van der Waals surface area contributed by atoms with Gasteiger partial charge in [0.2, 0.25) is 0 Å². The van der Waals surface area contributed by atoms with E-state index >= 15 is 0 Å². The van der Waals surface area contributed by atoms with Crippen molar-refractivity contribution in [3.63, 3.8) is 0 Å². The molecule has 2 N–H and O–H groups in total. The number of fused-ring (bicyclic) bond motifs is 1. The van der Waals surface area contributed by atoms with E-state index in [0.29, 0.717) is 16.5 Å². The van der Waals surface area contributed by atoms with Gasteiger partial charge < -0.3 is 14.6 Å². The van der Waals surface area contributed by atoms with Gasteiger partial charge in [-0.05, 0) is 35.9 Å². The number of carbonyl (C=O) groups is 1. The fourth-order valence-corrected chi connectivity index (χ4v) is 2.14. The van der Waals surface area contributed by atoms with Crippen molar-refractivity contribution < 1.29 is 19.4 Å². The van der Waals surface area contributed by atoms with Crippen molar-refractivity contribution in [1.29, 1.82) is 0 Å². The Morgan fingerprint density at radius 2 is 1.78 bits per heavy atom. The minimum Gasteiger partial charge on any atom is -0.504 e. The molecule has 5 heteroatoms. The van der Waals surface area contributed by atoms with Crippen LogP contribution in [0.25, 0.3) is 17.0 Å². The molecular weight excluding hydrogens is 296 g/mol. The van der Waals surface area contributed by atoms with Gasteiger partial charge in [-0.3, -0.25) is 4.79 Å². The van der Waals surface area contributed by atoms with Crippen LogP contribution >= 0.6 is 0 Å². The first-order chi connectivity index (χ1) is 11.0. The average molecular weight is 308 g/mol. The lowest BCUT2D eigenvalue weighted by Crippen LogP contribution is -2.11. The normalized spacial score (nSPS) is 11.1. The summed E-state index contributed by atoms with van der Waals surface area (Å²) in [5.41, 5.74) is 0.162. The highest BCUT2D eigenvalue weighted by molar-refractivity contribution is 6.07. The van der Waals surface area contributed by atoms with Crippen molar-refractivity contribution in [2.45, 2.75) is 0 Å². The Morgan fingerprint density at radius 1 is 1.00 bits per heavy atom.